The van der Waals surface area contributed by atoms with Gasteiger partial charge in [0.1, 0.15) is 29.9 Å². The molecule has 0 spiro atoms. The molecule has 4 fully saturated rings. The Hall–Kier alpha value is -3.56. The van der Waals surface area contributed by atoms with Gasteiger partial charge in [0, 0.05) is 49.1 Å². The van der Waals surface area contributed by atoms with E-state index < -0.39 is 12.0 Å². The maximum absolute atomic E-state index is 16.6. The van der Waals surface area contributed by atoms with Crippen molar-refractivity contribution in [3.05, 3.63) is 54.3 Å². The summed E-state index contributed by atoms with van der Waals surface area (Å²) in [6, 6.07) is 15.3. The highest BCUT2D eigenvalue weighted by Crippen LogP contribution is 2.43. The number of phenolic OH excluding ortho intramolecular Hbond substituents is 1. The van der Waals surface area contributed by atoms with E-state index in [1.54, 1.807) is 18.2 Å². The third-order valence-corrected chi connectivity index (χ3v) is 9.76. The van der Waals surface area contributed by atoms with Crippen molar-refractivity contribution in [2.75, 3.05) is 37.7 Å². The quantitative estimate of drug-likeness (QED) is 0.350. The number of anilines is 1. The summed E-state index contributed by atoms with van der Waals surface area (Å²) < 4.78 is 37.3. The first-order valence-electron chi connectivity index (χ1n) is 14.7. The van der Waals surface area contributed by atoms with Crippen molar-refractivity contribution in [2.24, 2.45) is 0 Å². The fourth-order valence-electron chi connectivity index (χ4n) is 7.88. The van der Waals surface area contributed by atoms with Crippen LogP contribution in [-0.2, 0) is 0 Å². The van der Waals surface area contributed by atoms with Gasteiger partial charge in [-0.3, -0.25) is 4.90 Å². The van der Waals surface area contributed by atoms with Crippen molar-refractivity contribution < 1.29 is 18.6 Å². The number of hydrogen-bond donors (Lipinski definition) is 2. The van der Waals surface area contributed by atoms with Crippen LogP contribution < -0.4 is 15.0 Å². The Bertz CT molecular complexity index is 1650. The number of aromatic hydroxyl groups is 1. The molecule has 0 radical (unpaired) electrons. The molecule has 4 saturated heterocycles. The summed E-state index contributed by atoms with van der Waals surface area (Å²) in [6.07, 6.45) is 3.56. The van der Waals surface area contributed by atoms with Crippen molar-refractivity contribution in [3.63, 3.8) is 0 Å². The van der Waals surface area contributed by atoms with Crippen molar-refractivity contribution in [1.29, 1.82) is 0 Å². The Morgan fingerprint density at radius 1 is 1.02 bits per heavy atom. The molecule has 7 nitrogen and oxygen atoms in total. The van der Waals surface area contributed by atoms with Gasteiger partial charge in [-0.2, -0.15) is 9.97 Å². The Balaban J connectivity index is 1.26. The Kier molecular flexibility index (Phi) is 5.83. The minimum atomic E-state index is -0.861. The van der Waals surface area contributed by atoms with Crippen LogP contribution in [0.25, 0.3) is 32.8 Å². The largest absolute Gasteiger partial charge is 0.508 e. The summed E-state index contributed by atoms with van der Waals surface area (Å²) in [7, 11) is 0. The molecule has 2 N–H and O–H groups in total. The van der Waals surface area contributed by atoms with Gasteiger partial charge in [0.15, 0.2) is 5.82 Å². The van der Waals surface area contributed by atoms with E-state index in [2.05, 4.69) is 20.1 Å². The number of halogens is 2. The van der Waals surface area contributed by atoms with Gasteiger partial charge in [0.25, 0.3) is 0 Å². The van der Waals surface area contributed by atoms with Gasteiger partial charge in [0.05, 0.1) is 5.54 Å². The zero-order valence-electron chi connectivity index (χ0n) is 22.8. The number of phenols is 1. The Labute approximate surface area is 237 Å². The van der Waals surface area contributed by atoms with E-state index in [0.29, 0.717) is 35.3 Å². The fraction of sp³-hybridized carbons (Fsp3) is 0.438. The van der Waals surface area contributed by atoms with Crippen molar-refractivity contribution in [3.8, 4) is 22.9 Å². The van der Waals surface area contributed by atoms with Gasteiger partial charge in [-0.05, 0) is 66.8 Å². The number of nitrogens with zero attached hydrogens (tertiary/aromatic N) is 4. The zero-order valence-corrected chi connectivity index (χ0v) is 22.8. The molecular weight excluding hydrogens is 524 g/mol. The summed E-state index contributed by atoms with van der Waals surface area (Å²) in [4.78, 5) is 14.1. The van der Waals surface area contributed by atoms with Gasteiger partial charge in [-0.25, -0.2) is 8.78 Å². The minimum Gasteiger partial charge on any atom is -0.508 e. The summed E-state index contributed by atoms with van der Waals surface area (Å²) >= 11 is 0. The topological polar surface area (TPSA) is 73.8 Å². The maximum atomic E-state index is 16.6. The van der Waals surface area contributed by atoms with Crippen LogP contribution in [0.15, 0.2) is 48.5 Å². The number of hydrogen-bond acceptors (Lipinski definition) is 7. The lowest BCUT2D eigenvalue weighted by atomic mass is 9.95. The van der Waals surface area contributed by atoms with Gasteiger partial charge in [0.2, 0.25) is 0 Å². The lowest BCUT2D eigenvalue weighted by molar-refractivity contribution is 0.107. The van der Waals surface area contributed by atoms with Crippen LogP contribution in [0.2, 0.25) is 0 Å². The number of alkyl halides is 1. The second-order valence-corrected chi connectivity index (χ2v) is 12.2. The summed E-state index contributed by atoms with van der Waals surface area (Å²) in [5.41, 5.74) is 0.807. The molecule has 41 heavy (non-hydrogen) atoms. The highest BCUT2D eigenvalue weighted by Gasteiger charge is 2.49. The summed E-state index contributed by atoms with van der Waals surface area (Å²) in [5.74, 6) is 0.298. The fourth-order valence-corrected chi connectivity index (χ4v) is 7.88. The van der Waals surface area contributed by atoms with Crippen LogP contribution >= 0.6 is 0 Å². The third kappa shape index (κ3) is 4.04. The number of nitrogens with one attached hydrogen (secondary N) is 1. The molecule has 2 bridgehead atoms. The van der Waals surface area contributed by atoms with E-state index in [9.17, 15) is 9.50 Å². The molecule has 4 aliphatic heterocycles. The molecule has 212 valence electrons. The van der Waals surface area contributed by atoms with E-state index in [4.69, 9.17) is 9.72 Å². The van der Waals surface area contributed by atoms with E-state index in [0.717, 1.165) is 56.1 Å². The predicted octanol–water partition coefficient (Wildman–Crippen LogP) is 5.19. The number of piperazine rings is 1. The molecule has 4 aliphatic rings. The van der Waals surface area contributed by atoms with Crippen LogP contribution in [-0.4, -0.2) is 76.6 Å². The Morgan fingerprint density at radius 3 is 2.71 bits per heavy atom. The van der Waals surface area contributed by atoms with Crippen LogP contribution in [0.1, 0.15) is 32.1 Å². The monoisotopic (exact) mass is 557 g/mol. The number of benzene rings is 3. The maximum Gasteiger partial charge on any atom is 0.319 e. The minimum absolute atomic E-state index is 0.0751. The molecule has 8 rings (SSSR count). The standard InChI is InChI=1S/C32H33F2N5O2/c33-20-14-32(10-3-11-38(32)17-20)18-41-31-36-29-26(30(37-31)39-21-6-7-22(39)16-35-15-21)9-8-25(28(29)34)27-13-23(40)12-19-4-1-2-5-24(19)27/h1-2,4-5,8-9,12-13,20-22,35,40H,3,6-7,10-11,14-18H2/t20-,21?,22?,32-/m1/s1. The first-order chi connectivity index (χ1) is 20.0. The van der Waals surface area contributed by atoms with Crippen molar-refractivity contribution in [2.45, 2.75) is 55.9 Å². The number of fused-ring (bicyclic) bond motifs is 5. The lowest BCUT2D eigenvalue weighted by Gasteiger charge is -2.37. The van der Waals surface area contributed by atoms with E-state index in [-0.39, 0.29) is 41.5 Å². The first-order valence-corrected chi connectivity index (χ1v) is 14.7. The van der Waals surface area contributed by atoms with Crippen LogP contribution in [0.5, 0.6) is 11.8 Å². The summed E-state index contributed by atoms with van der Waals surface area (Å²) in [5, 5.41) is 16.3. The number of rotatable bonds is 5. The first kappa shape index (κ1) is 25.2. The van der Waals surface area contributed by atoms with Gasteiger partial charge in [-0.15, -0.1) is 0 Å². The second-order valence-electron chi connectivity index (χ2n) is 12.2. The molecule has 2 unspecified atom stereocenters. The van der Waals surface area contributed by atoms with Crippen LogP contribution in [0.4, 0.5) is 14.6 Å². The van der Waals surface area contributed by atoms with E-state index in [1.807, 2.05) is 30.3 Å². The molecule has 1 aromatic heterocycles. The SMILES string of the molecule is Oc1cc(-c2ccc3c(N4C5CCC4CNC5)nc(OC[C@]45CCCN4C[C@H](F)C5)nc3c2F)c2ccccc2c1. The van der Waals surface area contributed by atoms with Crippen LogP contribution in [0, 0.1) is 5.82 Å². The lowest BCUT2D eigenvalue weighted by Crippen LogP contribution is -2.52. The van der Waals surface area contributed by atoms with Crippen molar-refractivity contribution >= 4 is 27.5 Å². The second kappa shape index (κ2) is 9.49. The molecule has 4 atom stereocenters. The average molecular weight is 558 g/mol. The highest BCUT2D eigenvalue weighted by atomic mass is 19.1. The highest BCUT2D eigenvalue weighted by molar-refractivity contribution is 6.01. The molecular formula is C32H33F2N5O2. The molecule has 0 aliphatic carbocycles. The molecule has 9 heteroatoms. The van der Waals surface area contributed by atoms with E-state index >= 15 is 4.39 Å². The molecule has 3 aromatic carbocycles. The molecule has 4 aromatic rings. The Morgan fingerprint density at radius 2 is 1.85 bits per heavy atom. The molecule has 5 heterocycles. The smallest absolute Gasteiger partial charge is 0.319 e. The van der Waals surface area contributed by atoms with E-state index in [1.165, 1.54) is 0 Å². The average Bonchev–Trinajstić information content (AvgIpc) is 3.58. The van der Waals surface area contributed by atoms with Gasteiger partial charge >= 0.3 is 6.01 Å². The number of aromatic nitrogens is 2. The van der Waals surface area contributed by atoms with Gasteiger partial charge in [-0.1, -0.05) is 30.3 Å². The number of ether oxygens (including phenoxy) is 1. The third-order valence-electron chi connectivity index (χ3n) is 9.76. The predicted molar refractivity (Wildman–Crippen MR) is 155 cm³/mol. The summed E-state index contributed by atoms with van der Waals surface area (Å²) in [6.45, 7) is 3.29. The van der Waals surface area contributed by atoms with Gasteiger partial charge < -0.3 is 20.1 Å². The molecule has 0 amide bonds. The van der Waals surface area contributed by atoms with Crippen molar-refractivity contribution in [1.82, 2.24) is 20.2 Å². The molecule has 0 saturated carbocycles. The zero-order chi connectivity index (χ0) is 27.7. The normalized spacial score (nSPS) is 27.7. The van der Waals surface area contributed by atoms with Crippen LogP contribution in [0.3, 0.4) is 0 Å².